The summed E-state index contributed by atoms with van der Waals surface area (Å²) in [6, 6.07) is 0.582. The Morgan fingerprint density at radius 3 is 2.42 bits per heavy atom. The van der Waals surface area contributed by atoms with E-state index in [1.807, 2.05) is 0 Å². The van der Waals surface area contributed by atoms with Gasteiger partial charge in [0.2, 0.25) is 5.91 Å². The van der Waals surface area contributed by atoms with Crippen LogP contribution in [0, 0.1) is 11.3 Å². The molecule has 2 unspecified atom stereocenters. The van der Waals surface area contributed by atoms with E-state index in [0.717, 1.165) is 45.7 Å². The van der Waals surface area contributed by atoms with Crippen molar-refractivity contribution in [1.29, 1.82) is 0 Å². The average Bonchev–Trinajstić information content (AvgIpc) is 2.86. The van der Waals surface area contributed by atoms with Gasteiger partial charge in [0.1, 0.15) is 0 Å². The third-order valence-electron chi connectivity index (χ3n) is 4.81. The second-order valence-corrected chi connectivity index (χ2v) is 7.10. The van der Waals surface area contributed by atoms with E-state index in [1.54, 1.807) is 0 Å². The first-order chi connectivity index (χ1) is 8.89. The molecule has 110 valence electrons. The summed E-state index contributed by atoms with van der Waals surface area (Å²) in [6.45, 7) is 14.8. The molecule has 0 bridgehead atoms. The number of piperazine rings is 1. The van der Waals surface area contributed by atoms with Gasteiger partial charge < -0.3 is 10.2 Å². The van der Waals surface area contributed by atoms with Gasteiger partial charge >= 0.3 is 0 Å². The highest BCUT2D eigenvalue weighted by Crippen LogP contribution is 2.29. The third-order valence-corrected chi connectivity index (χ3v) is 4.81. The lowest BCUT2D eigenvalue weighted by molar-refractivity contribution is -0.137. The van der Waals surface area contributed by atoms with Gasteiger partial charge in [-0.1, -0.05) is 27.7 Å². The zero-order chi connectivity index (χ0) is 14.0. The molecule has 4 heteroatoms. The predicted octanol–water partition coefficient (Wildman–Crippen LogP) is 1.17. The smallest absolute Gasteiger partial charge is 0.225 e. The van der Waals surface area contributed by atoms with Gasteiger partial charge in [-0.15, -0.1) is 0 Å². The Morgan fingerprint density at radius 2 is 1.84 bits per heavy atom. The Labute approximate surface area is 117 Å². The van der Waals surface area contributed by atoms with Gasteiger partial charge in [-0.2, -0.15) is 0 Å². The van der Waals surface area contributed by atoms with Gasteiger partial charge in [-0.3, -0.25) is 9.69 Å². The van der Waals surface area contributed by atoms with Crippen LogP contribution < -0.4 is 5.32 Å². The molecule has 4 nitrogen and oxygen atoms in total. The fourth-order valence-electron chi connectivity index (χ4n) is 2.93. The number of nitrogens with zero attached hydrogens (tertiary/aromatic N) is 2. The summed E-state index contributed by atoms with van der Waals surface area (Å²) in [6.07, 6.45) is 1.14. The second-order valence-electron chi connectivity index (χ2n) is 7.10. The highest BCUT2D eigenvalue weighted by Gasteiger charge is 2.35. The van der Waals surface area contributed by atoms with Crippen LogP contribution in [0.25, 0.3) is 0 Å². The van der Waals surface area contributed by atoms with E-state index in [4.69, 9.17) is 0 Å². The quantitative estimate of drug-likeness (QED) is 0.816. The first kappa shape index (κ1) is 14.8. The number of nitrogens with one attached hydrogen (secondary N) is 1. The molecule has 2 heterocycles. The molecule has 0 aromatic rings. The van der Waals surface area contributed by atoms with E-state index in [-0.39, 0.29) is 11.3 Å². The van der Waals surface area contributed by atoms with Crippen molar-refractivity contribution < 1.29 is 4.79 Å². The van der Waals surface area contributed by atoms with Crippen LogP contribution in [0.3, 0.4) is 0 Å². The van der Waals surface area contributed by atoms with Crippen LogP contribution in [-0.4, -0.2) is 61.0 Å². The number of amides is 1. The fraction of sp³-hybridized carbons (Fsp3) is 0.933. The summed E-state index contributed by atoms with van der Waals surface area (Å²) in [5, 5.41) is 3.39. The van der Waals surface area contributed by atoms with Crippen LogP contribution in [0.15, 0.2) is 0 Å². The Kier molecular flexibility index (Phi) is 4.51. The second kappa shape index (κ2) is 5.80. The summed E-state index contributed by atoms with van der Waals surface area (Å²) >= 11 is 0. The van der Waals surface area contributed by atoms with Crippen molar-refractivity contribution in [3.63, 3.8) is 0 Å². The Morgan fingerprint density at radius 1 is 1.21 bits per heavy atom. The first-order valence-corrected chi connectivity index (χ1v) is 7.63. The lowest BCUT2D eigenvalue weighted by Crippen LogP contribution is -2.49. The summed E-state index contributed by atoms with van der Waals surface area (Å²) in [5.41, 5.74) is 0.0597. The Balaban J connectivity index is 1.89. The Bertz CT molecular complexity index is 318. The van der Waals surface area contributed by atoms with E-state index in [0.29, 0.717) is 11.9 Å². The maximum atomic E-state index is 12.5. The maximum absolute atomic E-state index is 12.5. The van der Waals surface area contributed by atoms with Crippen LogP contribution in [0.5, 0.6) is 0 Å². The lowest BCUT2D eigenvalue weighted by atomic mass is 9.81. The van der Waals surface area contributed by atoms with E-state index in [9.17, 15) is 4.79 Å². The van der Waals surface area contributed by atoms with Crippen LogP contribution in [-0.2, 0) is 4.79 Å². The topological polar surface area (TPSA) is 35.6 Å². The molecule has 0 aromatic heterocycles. The van der Waals surface area contributed by atoms with Gasteiger partial charge in [-0.25, -0.2) is 0 Å². The molecule has 0 saturated carbocycles. The molecule has 0 spiro atoms. The minimum atomic E-state index is 0.0597. The van der Waals surface area contributed by atoms with Crippen molar-refractivity contribution in [3.05, 3.63) is 0 Å². The molecule has 2 saturated heterocycles. The monoisotopic (exact) mass is 267 g/mol. The zero-order valence-corrected chi connectivity index (χ0v) is 12.9. The molecule has 2 aliphatic rings. The summed E-state index contributed by atoms with van der Waals surface area (Å²) in [5.74, 6) is 0.444. The summed E-state index contributed by atoms with van der Waals surface area (Å²) in [7, 11) is 0. The van der Waals surface area contributed by atoms with Crippen molar-refractivity contribution in [3.8, 4) is 0 Å². The number of rotatable bonds is 2. The molecule has 2 fully saturated rings. The lowest BCUT2D eigenvalue weighted by Gasteiger charge is -2.33. The largest absolute Gasteiger partial charge is 0.341 e. The molecule has 19 heavy (non-hydrogen) atoms. The van der Waals surface area contributed by atoms with Gasteiger partial charge in [0, 0.05) is 51.2 Å². The summed E-state index contributed by atoms with van der Waals surface area (Å²) in [4.78, 5) is 17.1. The highest BCUT2D eigenvalue weighted by molar-refractivity contribution is 5.79. The molecule has 2 atom stereocenters. The molecule has 2 rings (SSSR count). The molecular weight excluding hydrogens is 238 g/mol. The summed E-state index contributed by atoms with van der Waals surface area (Å²) < 4.78 is 0. The van der Waals surface area contributed by atoms with Gasteiger partial charge in [-0.05, 0) is 11.8 Å². The number of hydrogen-bond acceptors (Lipinski definition) is 3. The molecule has 0 aliphatic carbocycles. The predicted molar refractivity (Wildman–Crippen MR) is 78.0 cm³/mol. The molecule has 0 radical (unpaired) electrons. The van der Waals surface area contributed by atoms with Gasteiger partial charge in [0.05, 0.1) is 0 Å². The molecule has 0 aromatic carbocycles. The highest BCUT2D eigenvalue weighted by atomic mass is 16.2. The molecule has 1 N–H and O–H groups in total. The molecule has 1 amide bonds. The van der Waals surface area contributed by atoms with Crippen molar-refractivity contribution >= 4 is 5.91 Å². The number of likely N-dealkylation sites (tertiary alicyclic amines) is 1. The number of carbonyl (C=O) groups excluding carboxylic acids is 1. The minimum Gasteiger partial charge on any atom is -0.341 e. The van der Waals surface area contributed by atoms with Crippen molar-refractivity contribution in [2.75, 3.05) is 39.3 Å². The number of carbonyl (C=O) groups is 1. The van der Waals surface area contributed by atoms with Crippen molar-refractivity contribution in [2.24, 2.45) is 11.3 Å². The van der Waals surface area contributed by atoms with Crippen molar-refractivity contribution in [2.45, 2.75) is 40.2 Å². The standard InChI is InChI=1S/C15H29N3O/c1-12(15(2,3)4)14(19)18-8-5-13(11-18)17-9-6-16-7-10-17/h12-13,16H,5-11H2,1-4H3. The van der Waals surface area contributed by atoms with Crippen LogP contribution in [0.1, 0.15) is 34.1 Å². The van der Waals surface area contributed by atoms with E-state index in [2.05, 4.69) is 42.8 Å². The first-order valence-electron chi connectivity index (χ1n) is 7.63. The van der Waals surface area contributed by atoms with Crippen LogP contribution >= 0.6 is 0 Å². The normalized spacial score (nSPS) is 27.6. The van der Waals surface area contributed by atoms with Crippen LogP contribution in [0.4, 0.5) is 0 Å². The van der Waals surface area contributed by atoms with E-state index < -0.39 is 0 Å². The van der Waals surface area contributed by atoms with Gasteiger partial charge in [0.15, 0.2) is 0 Å². The molecule has 2 aliphatic heterocycles. The van der Waals surface area contributed by atoms with Gasteiger partial charge in [0.25, 0.3) is 0 Å². The number of hydrogen-bond donors (Lipinski definition) is 1. The molecular formula is C15H29N3O. The zero-order valence-electron chi connectivity index (χ0n) is 12.9. The maximum Gasteiger partial charge on any atom is 0.225 e. The Hall–Kier alpha value is -0.610. The van der Waals surface area contributed by atoms with E-state index in [1.165, 1.54) is 0 Å². The minimum absolute atomic E-state index is 0.0597. The fourth-order valence-corrected chi connectivity index (χ4v) is 2.93. The SMILES string of the molecule is CC(C(=O)N1CCC(N2CCNCC2)C1)C(C)(C)C. The van der Waals surface area contributed by atoms with E-state index >= 15 is 0 Å². The average molecular weight is 267 g/mol. The van der Waals surface area contributed by atoms with Crippen molar-refractivity contribution in [1.82, 2.24) is 15.1 Å². The third kappa shape index (κ3) is 3.48. The van der Waals surface area contributed by atoms with Crippen LogP contribution in [0.2, 0.25) is 0 Å².